The maximum absolute atomic E-state index is 13.0. The van der Waals surface area contributed by atoms with Crippen molar-refractivity contribution in [2.24, 2.45) is 0 Å². The molecule has 2 heterocycles. The summed E-state index contributed by atoms with van der Waals surface area (Å²) in [6.45, 7) is 2.18. The standard InChI is InChI=1S/C26H28ClN5O4/c27-21-15-18(5-10-23(21)36-20-8-9-20)24(33)22(16-31-13-1-2-14-31)30-26(35)25(34)17-3-6-19(7-4-17)32-28-11-12-29-32/h3-7,10-12,15,20,22,24,33H,1-2,8-9,13-14,16H2,(H,30,35). The fourth-order valence-electron chi connectivity index (χ4n) is 4.32. The van der Waals surface area contributed by atoms with Crippen molar-refractivity contribution in [2.45, 2.75) is 43.9 Å². The molecular weight excluding hydrogens is 482 g/mol. The molecule has 2 N–H and O–H groups in total. The van der Waals surface area contributed by atoms with Gasteiger partial charge in [0.15, 0.2) is 0 Å². The first-order valence-electron chi connectivity index (χ1n) is 12.2. The average Bonchev–Trinajstić information content (AvgIpc) is 3.31. The molecule has 2 aromatic carbocycles. The van der Waals surface area contributed by atoms with E-state index in [1.807, 2.05) is 0 Å². The Morgan fingerprint density at radius 3 is 2.42 bits per heavy atom. The first-order valence-corrected chi connectivity index (χ1v) is 12.5. The van der Waals surface area contributed by atoms with Gasteiger partial charge in [-0.1, -0.05) is 17.7 Å². The van der Waals surface area contributed by atoms with Crippen LogP contribution in [-0.4, -0.2) is 68.5 Å². The smallest absolute Gasteiger partial charge is 0.292 e. The number of carbonyl (C=O) groups excluding carboxylic acids is 2. The fraction of sp³-hybridized carbons (Fsp3) is 0.385. The predicted octanol–water partition coefficient (Wildman–Crippen LogP) is 2.96. The van der Waals surface area contributed by atoms with Crippen molar-refractivity contribution in [1.82, 2.24) is 25.2 Å². The van der Waals surface area contributed by atoms with Crippen LogP contribution in [0.2, 0.25) is 5.02 Å². The number of aliphatic hydroxyl groups is 1. The number of aliphatic hydroxyl groups excluding tert-OH is 1. The summed E-state index contributed by atoms with van der Waals surface area (Å²) in [6.07, 6.45) is 6.42. The summed E-state index contributed by atoms with van der Waals surface area (Å²) >= 11 is 6.41. The van der Waals surface area contributed by atoms with Crippen molar-refractivity contribution in [3.05, 3.63) is 71.0 Å². The quantitative estimate of drug-likeness (QED) is 0.319. The highest BCUT2D eigenvalue weighted by atomic mass is 35.5. The molecule has 0 bridgehead atoms. The number of carbonyl (C=O) groups is 2. The summed E-state index contributed by atoms with van der Waals surface area (Å²) in [6, 6.07) is 10.9. The van der Waals surface area contributed by atoms with Crippen LogP contribution in [0.15, 0.2) is 54.9 Å². The number of likely N-dealkylation sites (tertiary alicyclic amines) is 1. The molecule has 5 rings (SSSR count). The number of aromatic nitrogens is 3. The van der Waals surface area contributed by atoms with Gasteiger partial charge in [-0.2, -0.15) is 15.0 Å². The molecule has 1 amide bonds. The summed E-state index contributed by atoms with van der Waals surface area (Å²) < 4.78 is 5.79. The molecule has 10 heteroatoms. The van der Waals surface area contributed by atoms with Crippen molar-refractivity contribution >= 4 is 23.3 Å². The summed E-state index contributed by atoms with van der Waals surface area (Å²) in [5.41, 5.74) is 1.46. The summed E-state index contributed by atoms with van der Waals surface area (Å²) in [7, 11) is 0. The monoisotopic (exact) mass is 509 g/mol. The van der Waals surface area contributed by atoms with Gasteiger partial charge in [0, 0.05) is 12.1 Å². The van der Waals surface area contributed by atoms with Gasteiger partial charge in [-0.15, -0.1) is 0 Å². The Morgan fingerprint density at radius 1 is 1.08 bits per heavy atom. The number of hydrogen-bond donors (Lipinski definition) is 2. The van der Waals surface area contributed by atoms with E-state index in [0.717, 1.165) is 38.8 Å². The Bertz CT molecular complexity index is 1210. The number of ether oxygens (including phenoxy) is 1. The van der Waals surface area contributed by atoms with Crippen LogP contribution >= 0.6 is 11.6 Å². The summed E-state index contributed by atoms with van der Waals surface area (Å²) in [5, 5.41) is 22.5. The minimum absolute atomic E-state index is 0.205. The van der Waals surface area contributed by atoms with Gasteiger partial charge in [-0.3, -0.25) is 9.59 Å². The summed E-state index contributed by atoms with van der Waals surface area (Å²) in [5.74, 6) is -0.873. The Labute approximate surface area is 214 Å². The number of benzene rings is 2. The molecule has 2 atom stereocenters. The zero-order valence-electron chi connectivity index (χ0n) is 19.7. The number of rotatable bonds is 10. The zero-order chi connectivity index (χ0) is 25.1. The first kappa shape index (κ1) is 24.4. The summed E-state index contributed by atoms with van der Waals surface area (Å²) in [4.78, 5) is 29.5. The number of hydrogen-bond acceptors (Lipinski definition) is 7. The van der Waals surface area contributed by atoms with Crippen molar-refractivity contribution in [1.29, 1.82) is 0 Å². The molecule has 2 unspecified atom stereocenters. The van der Waals surface area contributed by atoms with Crippen molar-refractivity contribution in [3.8, 4) is 11.4 Å². The van der Waals surface area contributed by atoms with Crippen molar-refractivity contribution < 1.29 is 19.4 Å². The minimum atomic E-state index is -1.05. The van der Waals surface area contributed by atoms with Gasteiger partial charge in [0.2, 0.25) is 5.78 Å². The second kappa shape index (κ2) is 10.8. The van der Waals surface area contributed by atoms with Crippen LogP contribution in [-0.2, 0) is 4.79 Å². The second-order valence-corrected chi connectivity index (χ2v) is 9.64. The molecule has 0 spiro atoms. The van der Waals surface area contributed by atoms with Crippen LogP contribution in [0, 0.1) is 0 Å². The number of Topliss-reactive ketones (excluding diaryl/α,β-unsaturated/α-hetero) is 1. The van der Waals surface area contributed by atoms with E-state index in [0.29, 0.717) is 28.6 Å². The number of nitrogens with zero attached hydrogens (tertiary/aromatic N) is 4. The van der Waals surface area contributed by atoms with Crippen LogP contribution in [0.3, 0.4) is 0 Å². The topological polar surface area (TPSA) is 110 Å². The molecule has 2 fully saturated rings. The molecule has 1 aromatic heterocycles. The molecule has 1 saturated carbocycles. The van der Waals surface area contributed by atoms with Gasteiger partial charge in [0.25, 0.3) is 5.91 Å². The van der Waals surface area contributed by atoms with E-state index in [1.165, 1.54) is 4.80 Å². The highest BCUT2D eigenvalue weighted by Gasteiger charge is 2.30. The lowest BCUT2D eigenvalue weighted by atomic mass is 10.0. The lowest BCUT2D eigenvalue weighted by Crippen LogP contribution is -2.48. The highest BCUT2D eigenvalue weighted by molar-refractivity contribution is 6.42. The third-order valence-electron chi connectivity index (χ3n) is 6.45. The molecule has 188 valence electrons. The van der Waals surface area contributed by atoms with Crippen LogP contribution in [0.1, 0.15) is 47.7 Å². The van der Waals surface area contributed by atoms with E-state index in [-0.39, 0.29) is 11.7 Å². The average molecular weight is 510 g/mol. The Morgan fingerprint density at radius 2 is 1.78 bits per heavy atom. The van der Waals surface area contributed by atoms with E-state index < -0.39 is 23.8 Å². The molecule has 1 aliphatic heterocycles. The SMILES string of the molecule is O=C(NC(CN1CCCC1)C(O)c1ccc(OC2CC2)c(Cl)c1)C(=O)c1ccc(-n2nccn2)cc1. The van der Waals surface area contributed by atoms with Gasteiger partial charge in [0.1, 0.15) is 11.9 Å². The molecule has 1 aliphatic carbocycles. The molecule has 36 heavy (non-hydrogen) atoms. The second-order valence-electron chi connectivity index (χ2n) is 9.23. The van der Waals surface area contributed by atoms with Gasteiger partial charge in [0.05, 0.1) is 35.2 Å². The third-order valence-corrected chi connectivity index (χ3v) is 6.75. The largest absolute Gasteiger partial charge is 0.489 e. The van der Waals surface area contributed by atoms with Gasteiger partial charge in [-0.05, 0) is 80.7 Å². The van der Waals surface area contributed by atoms with Crippen molar-refractivity contribution in [3.63, 3.8) is 0 Å². The number of ketones is 1. The maximum atomic E-state index is 13.0. The number of amides is 1. The Balaban J connectivity index is 1.30. The van der Waals surface area contributed by atoms with E-state index in [1.54, 1.807) is 54.9 Å². The third kappa shape index (κ3) is 5.75. The van der Waals surface area contributed by atoms with Crippen LogP contribution in [0.25, 0.3) is 5.69 Å². The van der Waals surface area contributed by atoms with E-state index in [9.17, 15) is 14.7 Å². The normalized spacial score (nSPS) is 17.5. The van der Waals surface area contributed by atoms with Gasteiger partial charge < -0.3 is 20.1 Å². The van der Waals surface area contributed by atoms with Crippen LogP contribution in [0.4, 0.5) is 0 Å². The molecule has 0 radical (unpaired) electrons. The predicted molar refractivity (Wildman–Crippen MR) is 133 cm³/mol. The Kier molecular flexibility index (Phi) is 7.31. The van der Waals surface area contributed by atoms with Crippen LogP contribution < -0.4 is 10.1 Å². The minimum Gasteiger partial charge on any atom is -0.489 e. The van der Waals surface area contributed by atoms with Crippen LogP contribution in [0.5, 0.6) is 5.75 Å². The fourth-order valence-corrected chi connectivity index (χ4v) is 4.56. The molecular formula is C26H28ClN5O4. The lowest BCUT2D eigenvalue weighted by molar-refractivity contribution is -0.118. The van der Waals surface area contributed by atoms with Gasteiger partial charge in [-0.25, -0.2) is 0 Å². The number of halogens is 1. The van der Waals surface area contributed by atoms with E-state index in [4.69, 9.17) is 16.3 Å². The first-order chi connectivity index (χ1) is 17.5. The highest BCUT2D eigenvalue weighted by Crippen LogP contribution is 2.34. The Hall–Kier alpha value is -3.27. The van der Waals surface area contributed by atoms with Gasteiger partial charge >= 0.3 is 0 Å². The van der Waals surface area contributed by atoms with E-state index in [2.05, 4.69) is 20.4 Å². The van der Waals surface area contributed by atoms with Crippen molar-refractivity contribution in [2.75, 3.05) is 19.6 Å². The molecule has 9 nitrogen and oxygen atoms in total. The number of nitrogens with one attached hydrogen (secondary N) is 1. The molecule has 3 aromatic rings. The molecule has 2 aliphatic rings. The zero-order valence-corrected chi connectivity index (χ0v) is 20.5. The van der Waals surface area contributed by atoms with E-state index >= 15 is 0 Å². The lowest BCUT2D eigenvalue weighted by Gasteiger charge is -2.28. The maximum Gasteiger partial charge on any atom is 0.292 e. The molecule has 1 saturated heterocycles.